The molecule has 20 heteroatoms. The van der Waals surface area contributed by atoms with E-state index in [0.717, 1.165) is 0 Å². The summed E-state index contributed by atoms with van der Waals surface area (Å²) in [6.45, 7) is 23.5. The first-order valence-corrected chi connectivity index (χ1v) is 26.4. The number of carbonyl (C=O) groups excluding carboxylic acids is 8. The normalized spacial score (nSPS) is 25.2. The average Bonchev–Trinajstić information content (AvgIpc) is 3.74. The molecule has 0 bridgehead atoms. The van der Waals surface area contributed by atoms with E-state index in [4.69, 9.17) is 45.5 Å². The zero-order valence-corrected chi connectivity index (χ0v) is 42.2. The molecule has 0 aromatic rings. The summed E-state index contributed by atoms with van der Waals surface area (Å²) < 4.78 is 60.7. The Balaban J connectivity index is 2.34. The van der Waals surface area contributed by atoms with E-state index in [-0.39, 0.29) is 65.3 Å². The van der Waals surface area contributed by atoms with Crippen molar-refractivity contribution in [3.05, 3.63) is 0 Å². The molecule has 0 aromatic carbocycles. The minimum absolute atomic E-state index is 0.00298. The molecule has 10 unspecified atom stereocenters. The van der Waals surface area contributed by atoms with Crippen LogP contribution in [0.15, 0.2) is 0 Å². The van der Waals surface area contributed by atoms with Gasteiger partial charge in [0.05, 0.1) is 60.6 Å². The van der Waals surface area contributed by atoms with Gasteiger partial charge in [0.2, 0.25) is 0 Å². The van der Waals surface area contributed by atoms with E-state index in [9.17, 15) is 38.4 Å². The van der Waals surface area contributed by atoms with Crippen LogP contribution >= 0.6 is 0 Å². The largest absolute Gasteiger partial charge is 0.497 e. The van der Waals surface area contributed by atoms with Crippen LogP contribution in [-0.2, 0) is 83.9 Å². The maximum absolute atomic E-state index is 14.7. The van der Waals surface area contributed by atoms with Crippen LogP contribution in [0.3, 0.4) is 0 Å². The summed E-state index contributed by atoms with van der Waals surface area (Å²) in [5.74, 6) is -14.7. The molecule has 3 saturated heterocycles. The van der Waals surface area contributed by atoms with Gasteiger partial charge in [-0.2, -0.15) is 0 Å². The molecule has 0 spiro atoms. The number of hydrogen-bond acceptors (Lipinski definition) is 18. The van der Waals surface area contributed by atoms with Gasteiger partial charge in [-0.15, -0.1) is 0 Å². The molecule has 3 rings (SSSR count). The molecule has 3 heterocycles. The molecule has 0 aromatic heterocycles. The number of carbonyl (C=O) groups is 8. The Bertz CT molecular complexity index is 1700. The van der Waals surface area contributed by atoms with Gasteiger partial charge in [0.15, 0.2) is 0 Å². The Morgan fingerprint density at radius 2 is 1.00 bits per heavy atom. The highest BCUT2D eigenvalue weighted by Gasteiger charge is 2.68. The Labute approximate surface area is 379 Å². The van der Waals surface area contributed by atoms with E-state index in [1.165, 1.54) is 0 Å². The minimum atomic E-state index is -4.53. The smallest absolute Gasteiger partial charge is 0.466 e. The number of cyclic esters (lactones) is 6. The second kappa shape index (κ2) is 22.9. The van der Waals surface area contributed by atoms with Gasteiger partial charge in [-0.3, -0.25) is 38.4 Å². The Kier molecular flexibility index (Phi) is 19.6. The van der Waals surface area contributed by atoms with Crippen LogP contribution < -0.4 is 0 Å². The highest BCUT2D eigenvalue weighted by molar-refractivity contribution is 6.77. The zero-order valence-electron chi connectivity index (χ0n) is 40.2. The minimum Gasteiger partial charge on any atom is -0.466 e. The molecule has 64 heavy (non-hydrogen) atoms. The van der Waals surface area contributed by atoms with Gasteiger partial charge in [0.25, 0.3) is 0 Å². The third-order valence-electron chi connectivity index (χ3n) is 12.9. The van der Waals surface area contributed by atoms with Crippen molar-refractivity contribution in [2.24, 2.45) is 58.2 Å². The summed E-state index contributed by atoms with van der Waals surface area (Å²) in [5, 5.41) is 0. The summed E-state index contributed by atoms with van der Waals surface area (Å²) in [4.78, 5) is 108. The van der Waals surface area contributed by atoms with E-state index in [2.05, 4.69) is 0 Å². The lowest BCUT2D eigenvalue weighted by atomic mass is 9.66. The number of ether oxygens (including phenoxy) is 5. The van der Waals surface area contributed by atoms with Crippen molar-refractivity contribution in [3.8, 4) is 0 Å². The van der Waals surface area contributed by atoms with Crippen molar-refractivity contribution in [1.82, 2.24) is 0 Å². The van der Waals surface area contributed by atoms with Crippen LogP contribution in [0, 0.1) is 58.2 Å². The fourth-order valence-corrected chi connectivity index (χ4v) is 19.5. The fourth-order valence-electron chi connectivity index (χ4n) is 10.5. The molecule has 18 nitrogen and oxygen atoms in total. The van der Waals surface area contributed by atoms with Gasteiger partial charge < -0.3 is 45.5 Å². The van der Waals surface area contributed by atoms with E-state index < -0.39 is 135 Å². The summed E-state index contributed by atoms with van der Waals surface area (Å²) in [7, 11) is -8.99. The monoisotopic (exact) mass is 944 g/mol. The Hall–Kier alpha value is -3.41. The van der Waals surface area contributed by atoms with Crippen molar-refractivity contribution in [2.45, 2.75) is 134 Å². The van der Waals surface area contributed by atoms with Crippen LogP contribution in [0.25, 0.3) is 0 Å². The number of esters is 8. The number of hydrogen-bond donors (Lipinski definition) is 0. The molecule has 10 atom stereocenters. The summed E-state index contributed by atoms with van der Waals surface area (Å²) >= 11 is 0. The molecular weight excluding hydrogens is 873 g/mol. The second-order valence-corrected chi connectivity index (χ2v) is 23.8. The highest BCUT2D eigenvalue weighted by atomic mass is 28.5. The van der Waals surface area contributed by atoms with E-state index in [1.807, 2.05) is 0 Å². The lowest BCUT2D eigenvalue weighted by molar-refractivity contribution is -0.164. The summed E-state index contributed by atoms with van der Waals surface area (Å²) in [6, 6.07) is 0. The fraction of sp³-hybridized carbons (Fsp3) is 0.818. The Morgan fingerprint density at radius 1 is 0.562 bits per heavy atom. The van der Waals surface area contributed by atoms with Crippen molar-refractivity contribution in [3.63, 3.8) is 0 Å². The maximum Gasteiger partial charge on any atom is 0.497 e. The van der Waals surface area contributed by atoms with E-state index in [1.54, 1.807) is 96.9 Å². The SMILES string of the molecule is CCOC(=O)C(CC(C)(C)C1C(=O)OC(=O)C1C)C(C(=O)OCC)C(CC)[Si](OCC)(OCC)O[Si](OCC)(OCC)C(CC)C1C(=O)OC(=O)C1CC(C)(C)C1C(=O)OC(=O)C1C. The van der Waals surface area contributed by atoms with Crippen LogP contribution in [0.2, 0.25) is 11.1 Å². The first kappa shape index (κ1) is 54.9. The summed E-state index contributed by atoms with van der Waals surface area (Å²) in [5.41, 5.74) is -4.25. The average molecular weight is 945 g/mol. The third-order valence-corrected chi connectivity index (χ3v) is 21.3. The van der Waals surface area contributed by atoms with E-state index in [0.29, 0.717) is 0 Å². The topological polar surface area (TPSA) is 229 Å². The summed E-state index contributed by atoms with van der Waals surface area (Å²) in [6.07, 6.45) is 0.0400. The molecule has 3 aliphatic heterocycles. The van der Waals surface area contributed by atoms with Gasteiger partial charge in [-0.1, -0.05) is 55.4 Å². The standard InChI is InChI=1S/C44H72O18Si2/c1-15-29(31(39(49)54-18-4)27(37(47)53-17-3)23-43(11,12)33-25(9)35(45)59-41(33)51)63(55-19-5,56-20-6)62-64(57-21-7,58-22-8)30(16-2)32-28(38(48)61-40(32)50)24-44(13,14)34-26(10)36(46)60-42(34)52/h25-34H,15-24H2,1-14H3. The lowest BCUT2D eigenvalue weighted by Crippen LogP contribution is -2.66. The van der Waals surface area contributed by atoms with Gasteiger partial charge in [0.1, 0.15) is 0 Å². The molecule has 3 fully saturated rings. The molecule has 3 aliphatic rings. The van der Waals surface area contributed by atoms with Crippen molar-refractivity contribution in [1.29, 1.82) is 0 Å². The molecular formula is C44H72O18Si2. The highest BCUT2D eigenvalue weighted by Crippen LogP contribution is 2.54. The van der Waals surface area contributed by atoms with Crippen LogP contribution in [0.4, 0.5) is 0 Å². The third kappa shape index (κ3) is 11.4. The van der Waals surface area contributed by atoms with Gasteiger partial charge in [0, 0.05) is 37.5 Å². The number of rotatable bonds is 27. The lowest BCUT2D eigenvalue weighted by Gasteiger charge is -2.47. The zero-order chi connectivity index (χ0) is 48.5. The first-order valence-electron chi connectivity index (χ1n) is 22.8. The van der Waals surface area contributed by atoms with Crippen molar-refractivity contribution in [2.75, 3.05) is 39.6 Å². The molecule has 0 aliphatic carbocycles. The Morgan fingerprint density at radius 3 is 1.41 bits per heavy atom. The van der Waals surface area contributed by atoms with Gasteiger partial charge in [-0.05, 0) is 78.1 Å². The van der Waals surface area contributed by atoms with Gasteiger partial charge >= 0.3 is 65.4 Å². The predicted molar refractivity (Wildman–Crippen MR) is 230 cm³/mol. The molecule has 0 N–H and O–H groups in total. The molecule has 0 radical (unpaired) electrons. The molecule has 0 saturated carbocycles. The molecule has 364 valence electrons. The first-order chi connectivity index (χ1) is 30.0. The second-order valence-electron chi connectivity index (χ2n) is 18.0. The van der Waals surface area contributed by atoms with Crippen LogP contribution in [0.5, 0.6) is 0 Å². The quantitative estimate of drug-likeness (QED) is 0.0412. The van der Waals surface area contributed by atoms with Crippen molar-refractivity contribution < 1.29 is 83.9 Å². The maximum atomic E-state index is 14.7. The molecule has 0 amide bonds. The van der Waals surface area contributed by atoms with Gasteiger partial charge in [-0.25, -0.2) is 0 Å². The van der Waals surface area contributed by atoms with E-state index >= 15 is 0 Å². The van der Waals surface area contributed by atoms with Crippen molar-refractivity contribution >= 4 is 65.4 Å². The predicted octanol–water partition coefficient (Wildman–Crippen LogP) is 5.77. The van der Waals surface area contributed by atoms with Crippen LogP contribution in [0.1, 0.15) is 123 Å². The van der Waals surface area contributed by atoms with Crippen LogP contribution in [-0.4, -0.2) is 105 Å².